The highest BCUT2D eigenvalue weighted by Crippen LogP contribution is 2.24. The van der Waals surface area contributed by atoms with Gasteiger partial charge in [-0.15, -0.1) is 0 Å². The van der Waals surface area contributed by atoms with E-state index in [-0.39, 0.29) is 5.91 Å². The highest BCUT2D eigenvalue weighted by atomic mass is 79.9. The highest BCUT2D eigenvalue weighted by Gasteiger charge is 2.13. The Morgan fingerprint density at radius 2 is 1.81 bits per heavy atom. The van der Waals surface area contributed by atoms with Gasteiger partial charge in [0, 0.05) is 11.9 Å². The van der Waals surface area contributed by atoms with Crippen molar-refractivity contribution in [2.45, 2.75) is 0 Å². The van der Waals surface area contributed by atoms with Crippen LogP contribution in [0.2, 0.25) is 0 Å². The molecule has 0 fully saturated rings. The van der Waals surface area contributed by atoms with Gasteiger partial charge in [0.2, 0.25) is 0 Å². The number of nitrogens with zero attached hydrogens (tertiary/aromatic N) is 1. The van der Waals surface area contributed by atoms with Gasteiger partial charge in [0.1, 0.15) is 5.82 Å². The van der Waals surface area contributed by atoms with Crippen LogP contribution in [0.25, 0.3) is 10.8 Å². The fourth-order valence-electron chi connectivity index (χ4n) is 2.11. The zero-order valence-electron chi connectivity index (χ0n) is 11.0. The first-order chi connectivity index (χ1) is 10.1. The maximum absolute atomic E-state index is 12.4. The minimum atomic E-state index is -0.280. The second-order valence-corrected chi connectivity index (χ2v) is 5.43. The Labute approximate surface area is 130 Å². The average molecular weight is 342 g/mol. The Kier molecular flexibility index (Phi) is 3.58. The molecular formula is C16H12BrN3O. The SMILES string of the molecule is Nc1cc2ccccc2cc1C(=O)Nc1ncccc1Br. The van der Waals surface area contributed by atoms with Gasteiger partial charge in [-0.05, 0) is 51.0 Å². The minimum absolute atomic E-state index is 0.280. The molecule has 104 valence electrons. The first-order valence-electron chi connectivity index (χ1n) is 6.35. The normalized spacial score (nSPS) is 10.5. The van der Waals surface area contributed by atoms with Gasteiger partial charge in [0.25, 0.3) is 5.91 Å². The van der Waals surface area contributed by atoms with Crippen LogP contribution in [0.3, 0.4) is 0 Å². The number of nitrogens with one attached hydrogen (secondary N) is 1. The number of hydrogen-bond donors (Lipinski definition) is 2. The molecule has 0 atom stereocenters. The van der Waals surface area contributed by atoms with Crippen molar-refractivity contribution in [3.63, 3.8) is 0 Å². The van der Waals surface area contributed by atoms with Gasteiger partial charge in [-0.3, -0.25) is 4.79 Å². The number of halogens is 1. The van der Waals surface area contributed by atoms with Crippen LogP contribution >= 0.6 is 15.9 Å². The Morgan fingerprint density at radius 1 is 1.10 bits per heavy atom. The zero-order valence-corrected chi connectivity index (χ0v) is 12.6. The Hall–Kier alpha value is -2.40. The van der Waals surface area contributed by atoms with Crippen molar-refractivity contribution in [1.29, 1.82) is 0 Å². The Balaban J connectivity index is 1.98. The van der Waals surface area contributed by atoms with Crippen LogP contribution in [0.4, 0.5) is 11.5 Å². The maximum atomic E-state index is 12.4. The largest absolute Gasteiger partial charge is 0.398 e. The van der Waals surface area contributed by atoms with E-state index >= 15 is 0 Å². The molecule has 4 nitrogen and oxygen atoms in total. The van der Waals surface area contributed by atoms with Crippen molar-refractivity contribution in [2.75, 3.05) is 11.1 Å². The highest BCUT2D eigenvalue weighted by molar-refractivity contribution is 9.10. The summed E-state index contributed by atoms with van der Waals surface area (Å²) >= 11 is 3.35. The van der Waals surface area contributed by atoms with Crippen molar-refractivity contribution < 1.29 is 4.79 Å². The van der Waals surface area contributed by atoms with E-state index in [0.29, 0.717) is 17.1 Å². The number of nitrogens with two attached hydrogens (primary N) is 1. The van der Waals surface area contributed by atoms with E-state index in [2.05, 4.69) is 26.2 Å². The standard InChI is InChI=1S/C16H12BrN3O/c17-13-6-3-7-19-15(13)20-16(21)12-8-10-4-1-2-5-11(10)9-14(12)18/h1-9H,18H2,(H,19,20,21). The third kappa shape index (κ3) is 2.73. The molecule has 3 rings (SSSR count). The van der Waals surface area contributed by atoms with E-state index in [1.165, 1.54) is 0 Å². The zero-order chi connectivity index (χ0) is 14.8. The van der Waals surface area contributed by atoms with Crippen molar-refractivity contribution in [3.8, 4) is 0 Å². The molecule has 2 aromatic carbocycles. The number of benzene rings is 2. The van der Waals surface area contributed by atoms with Crippen LogP contribution < -0.4 is 11.1 Å². The lowest BCUT2D eigenvalue weighted by Crippen LogP contribution is -2.15. The summed E-state index contributed by atoms with van der Waals surface area (Å²) in [6.45, 7) is 0. The third-order valence-corrected chi connectivity index (χ3v) is 3.79. The summed E-state index contributed by atoms with van der Waals surface area (Å²) in [5.41, 5.74) is 6.87. The summed E-state index contributed by atoms with van der Waals surface area (Å²) in [5, 5.41) is 4.73. The quantitative estimate of drug-likeness (QED) is 0.696. The molecule has 0 saturated heterocycles. The fraction of sp³-hybridized carbons (Fsp3) is 0. The number of aromatic nitrogens is 1. The second kappa shape index (κ2) is 5.54. The summed E-state index contributed by atoms with van der Waals surface area (Å²) in [6.07, 6.45) is 1.62. The minimum Gasteiger partial charge on any atom is -0.398 e. The molecule has 21 heavy (non-hydrogen) atoms. The van der Waals surface area contributed by atoms with Crippen LogP contribution in [0.1, 0.15) is 10.4 Å². The summed E-state index contributed by atoms with van der Waals surface area (Å²) in [4.78, 5) is 16.5. The molecule has 0 spiro atoms. The Bertz CT molecular complexity index is 833. The fourth-order valence-corrected chi connectivity index (χ4v) is 2.46. The van der Waals surface area contributed by atoms with E-state index in [0.717, 1.165) is 15.2 Å². The molecule has 1 aromatic heterocycles. The summed E-state index contributed by atoms with van der Waals surface area (Å²) in [7, 11) is 0. The lowest BCUT2D eigenvalue weighted by Gasteiger charge is -2.09. The predicted octanol–water partition coefficient (Wildman–Crippen LogP) is 3.83. The van der Waals surface area contributed by atoms with Gasteiger partial charge in [0.05, 0.1) is 10.0 Å². The van der Waals surface area contributed by atoms with Crippen molar-refractivity contribution in [3.05, 3.63) is 64.8 Å². The molecule has 0 radical (unpaired) electrons. The van der Waals surface area contributed by atoms with Gasteiger partial charge >= 0.3 is 0 Å². The van der Waals surface area contributed by atoms with Gasteiger partial charge in [0.15, 0.2) is 0 Å². The monoisotopic (exact) mass is 341 g/mol. The van der Waals surface area contributed by atoms with E-state index in [1.54, 1.807) is 24.4 Å². The molecular weight excluding hydrogens is 330 g/mol. The van der Waals surface area contributed by atoms with Crippen molar-refractivity contribution >= 4 is 44.1 Å². The first-order valence-corrected chi connectivity index (χ1v) is 7.14. The average Bonchev–Trinajstić information content (AvgIpc) is 2.49. The molecule has 3 N–H and O–H groups in total. The van der Waals surface area contributed by atoms with Crippen LogP contribution in [0.15, 0.2) is 59.2 Å². The lowest BCUT2D eigenvalue weighted by atomic mass is 10.0. The van der Waals surface area contributed by atoms with Crippen LogP contribution in [-0.4, -0.2) is 10.9 Å². The van der Waals surface area contributed by atoms with Crippen molar-refractivity contribution in [2.24, 2.45) is 0 Å². The number of amides is 1. The summed E-state index contributed by atoms with van der Waals surface area (Å²) in [5.74, 6) is 0.188. The van der Waals surface area contributed by atoms with Gasteiger partial charge in [-0.2, -0.15) is 0 Å². The maximum Gasteiger partial charge on any atom is 0.258 e. The molecule has 0 aliphatic carbocycles. The molecule has 5 heteroatoms. The summed E-state index contributed by atoms with van der Waals surface area (Å²) in [6, 6.07) is 15.0. The number of nitrogen functional groups attached to an aromatic ring is 1. The number of anilines is 2. The number of carbonyl (C=O) groups excluding carboxylic acids is 1. The Morgan fingerprint density at radius 3 is 2.52 bits per heavy atom. The second-order valence-electron chi connectivity index (χ2n) is 4.57. The number of rotatable bonds is 2. The van der Waals surface area contributed by atoms with Crippen LogP contribution in [0.5, 0.6) is 0 Å². The third-order valence-electron chi connectivity index (χ3n) is 3.15. The van der Waals surface area contributed by atoms with Gasteiger partial charge in [-0.25, -0.2) is 4.98 Å². The number of fused-ring (bicyclic) bond motifs is 1. The van der Waals surface area contributed by atoms with Gasteiger partial charge < -0.3 is 11.1 Å². The van der Waals surface area contributed by atoms with Crippen molar-refractivity contribution in [1.82, 2.24) is 4.98 Å². The van der Waals surface area contributed by atoms with E-state index in [1.807, 2.05) is 30.3 Å². The van der Waals surface area contributed by atoms with Gasteiger partial charge in [-0.1, -0.05) is 24.3 Å². The molecule has 0 aliphatic heterocycles. The molecule has 0 saturated carbocycles. The predicted molar refractivity (Wildman–Crippen MR) is 88.3 cm³/mol. The molecule has 3 aromatic rings. The summed E-state index contributed by atoms with van der Waals surface area (Å²) < 4.78 is 0.720. The molecule has 1 heterocycles. The topological polar surface area (TPSA) is 68.0 Å². The van der Waals surface area contributed by atoms with E-state index in [4.69, 9.17) is 5.73 Å². The van der Waals surface area contributed by atoms with E-state index in [9.17, 15) is 4.79 Å². The molecule has 0 unspecified atom stereocenters. The molecule has 0 aliphatic rings. The van der Waals surface area contributed by atoms with E-state index < -0.39 is 0 Å². The smallest absolute Gasteiger partial charge is 0.258 e. The van der Waals surface area contributed by atoms with Crippen LogP contribution in [0, 0.1) is 0 Å². The molecule has 0 bridgehead atoms. The molecule has 1 amide bonds. The lowest BCUT2D eigenvalue weighted by molar-refractivity contribution is 0.102. The number of hydrogen-bond acceptors (Lipinski definition) is 3. The number of pyridine rings is 1. The number of carbonyl (C=O) groups is 1. The first kappa shape index (κ1) is 13.6. The van der Waals surface area contributed by atoms with Crippen LogP contribution in [-0.2, 0) is 0 Å².